The van der Waals surface area contributed by atoms with Gasteiger partial charge in [-0.15, -0.1) is 0 Å². The van der Waals surface area contributed by atoms with E-state index in [0.717, 1.165) is 5.75 Å². The molecule has 4 heteroatoms. The lowest BCUT2D eigenvalue weighted by Crippen LogP contribution is -2.12. The fourth-order valence-electron chi connectivity index (χ4n) is 1.98. The molecule has 2 rings (SSSR count). The average Bonchev–Trinajstić information content (AvgIpc) is 2.53. The number of anilines is 1. The Morgan fingerprint density at radius 2 is 1.74 bits per heavy atom. The van der Waals surface area contributed by atoms with E-state index in [2.05, 4.69) is 19.2 Å². The van der Waals surface area contributed by atoms with Crippen molar-refractivity contribution in [1.29, 1.82) is 0 Å². The lowest BCUT2D eigenvalue weighted by Gasteiger charge is -2.10. The minimum atomic E-state index is -0.221. The Bertz CT molecular complexity index is 690. The molecule has 0 unspecified atom stereocenters. The maximum Gasteiger partial charge on any atom is 0.255 e. The van der Waals surface area contributed by atoms with E-state index in [9.17, 15) is 9.59 Å². The number of Topliss-reactive ketones (excluding diaryl/α,β-unsaturated/α-hetero) is 1. The first kappa shape index (κ1) is 16.7. The molecule has 0 fully saturated rings. The van der Waals surface area contributed by atoms with Gasteiger partial charge < -0.3 is 10.1 Å². The largest absolute Gasteiger partial charge is 0.493 e. The number of amides is 1. The predicted octanol–water partition coefficient (Wildman–Crippen LogP) is 4.18. The summed E-state index contributed by atoms with van der Waals surface area (Å²) in [6, 6.07) is 13.9. The van der Waals surface area contributed by atoms with Crippen molar-refractivity contribution in [2.45, 2.75) is 20.8 Å². The van der Waals surface area contributed by atoms with Crippen LogP contribution in [0.4, 0.5) is 5.69 Å². The number of ketones is 1. The van der Waals surface area contributed by atoms with E-state index in [4.69, 9.17) is 4.74 Å². The molecule has 0 aliphatic carbocycles. The maximum atomic E-state index is 12.2. The number of hydrogen-bond acceptors (Lipinski definition) is 3. The third kappa shape index (κ3) is 4.95. The van der Waals surface area contributed by atoms with E-state index in [0.29, 0.717) is 29.3 Å². The summed E-state index contributed by atoms with van der Waals surface area (Å²) < 4.78 is 5.59. The third-order valence-corrected chi connectivity index (χ3v) is 3.23. The van der Waals surface area contributed by atoms with Crippen LogP contribution >= 0.6 is 0 Å². The molecule has 0 atom stereocenters. The molecule has 0 spiro atoms. The molecule has 0 saturated carbocycles. The molecule has 2 aromatic rings. The second-order valence-corrected chi connectivity index (χ2v) is 5.82. The zero-order valence-electron chi connectivity index (χ0n) is 13.6. The summed E-state index contributed by atoms with van der Waals surface area (Å²) in [4.78, 5) is 23.6. The van der Waals surface area contributed by atoms with Gasteiger partial charge in [0.1, 0.15) is 5.75 Å². The van der Waals surface area contributed by atoms with Crippen LogP contribution in [0.5, 0.6) is 5.75 Å². The van der Waals surface area contributed by atoms with Crippen molar-refractivity contribution in [1.82, 2.24) is 0 Å². The third-order valence-electron chi connectivity index (χ3n) is 3.23. The molecule has 1 N–H and O–H groups in total. The minimum absolute atomic E-state index is 0.0345. The average molecular weight is 311 g/mol. The van der Waals surface area contributed by atoms with Crippen molar-refractivity contribution < 1.29 is 14.3 Å². The Balaban J connectivity index is 2.03. The monoisotopic (exact) mass is 311 g/mol. The first-order valence-electron chi connectivity index (χ1n) is 7.61. The zero-order valence-corrected chi connectivity index (χ0v) is 13.6. The maximum absolute atomic E-state index is 12.2. The van der Waals surface area contributed by atoms with Crippen molar-refractivity contribution in [2.75, 3.05) is 11.9 Å². The topological polar surface area (TPSA) is 55.4 Å². The quantitative estimate of drug-likeness (QED) is 0.814. The van der Waals surface area contributed by atoms with Crippen LogP contribution in [0.1, 0.15) is 41.5 Å². The predicted molar refractivity (Wildman–Crippen MR) is 91.2 cm³/mol. The second kappa shape index (κ2) is 7.58. The standard InChI is InChI=1S/C19H21NO3/c1-13(2)12-23-18-9-7-15(8-10-18)19(22)20-17-6-4-5-16(11-17)14(3)21/h4-11,13H,12H2,1-3H3,(H,20,22). The Morgan fingerprint density at radius 3 is 2.35 bits per heavy atom. The lowest BCUT2D eigenvalue weighted by molar-refractivity contribution is 0.101. The normalized spacial score (nSPS) is 10.4. The summed E-state index contributed by atoms with van der Waals surface area (Å²) in [5.41, 5.74) is 1.71. The van der Waals surface area contributed by atoms with Gasteiger partial charge in [0.25, 0.3) is 5.91 Å². The fraction of sp³-hybridized carbons (Fsp3) is 0.263. The number of ether oxygens (including phenoxy) is 1. The van der Waals surface area contributed by atoms with Crippen LogP contribution in [-0.2, 0) is 0 Å². The van der Waals surface area contributed by atoms with Crippen LogP contribution in [0.15, 0.2) is 48.5 Å². The van der Waals surface area contributed by atoms with Gasteiger partial charge in [0, 0.05) is 16.8 Å². The van der Waals surface area contributed by atoms with Gasteiger partial charge in [0.05, 0.1) is 6.61 Å². The van der Waals surface area contributed by atoms with Gasteiger partial charge in [-0.25, -0.2) is 0 Å². The molecule has 120 valence electrons. The highest BCUT2D eigenvalue weighted by atomic mass is 16.5. The SMILES string of the molecule is CC(=O)c1cccc(NC(=O)c2ccc(OCC(C)C)cc2)c1. The first-order valence-corrected chi connectivity index (χ1v) is 7.61. The highest BCUT2D eigenvalue weighted by Crippen LogP contribution is 2.16. The molecular weight excluding hydrogens is 290 g/mol. The summed E-state index contributed by atoms with van der Waals surface area (Å²) in [6.45, 7) is 6.30. The molecule has 2 aromatic carbocycles. The second-order valence-electron chi connectivity index (χ2n) is 5.82. The first-order chi connectivity index (χ1) is 11.0. The Hall–Kier alpha value is -2.62. The van der Waals surface area contributed by atoms with E-state index in [1.165, 1.54) is 6.92 Å². The van der Waals surface area contributed by atoms with Gasteiger partial charge in [-0.05, 0) is 49.2 Å². The number of carbonyl (C=O) groups is 2. The molecule has 0 aliphatic heterocycles. The van der Waals surface area contributed by atoms with Crippen molar-refractivity contribution in [3.8, 4) is 5.75 Å². The van der Waals surface area contributed by atoms with Crippen LogP contribution in [-0.4, -0.2) is 18.3 Å². The molecule has 4 nitrogen and oxygen atoms in total. The Morgan fingerprint density at radius 1 is 1.04 bits per heavy atom. The molecule has 23 heavy (non-hydrogen) atoms. The van der Waals surface area contributed by atoms with Crippen LogP contribution in [0.2, 0.25) is 0 Å². The van der Waals surface area contributed by atoms with Crippen LogP contribution in [0.3, 0.4) is 0 Å². The molecule has 0 saturated heterocycles. The number of nitrogens with one attached hydrogen (secondary N) is 1. The molecule has 0 heterocycles. The minimum Gasteiger partial charge on any atom is -0.493 e. The number of benzene rings is 2. The highest BCUT2D eigenvalue weighted by molar-refractivity contribution is 6.05. The summed E-state index contributed by atoms with van der Waals surface area (Å²) in [5, 5.41) is 2.79. The smallest absolute Gasteiger partial charge is 0.255 e. The molecule has 0 aliphatic rings. The van der Waals surface area contributed by atoms with Crippen molar-refractivity contribution in [2.24, 2.45) is 5.92 Å². The summed E-state index contributed by atoms with van der Waals surface area (Å²) >= 11 is 0. The Kier molecular flexibility index (Phi) is 5.52. The fourth-order valence-corrected chi connectivity index (χ4v) is 1.98. The van der Waals surface area contributed by atoms with E-state index < -0.39 is 0 Å². The molecule has 0 aromatic heterocycles. The van der Waals surface area contributed by atoms with E-state index in [-0.39, 0.29) is 11.7 Å². The van der Waals surface area contributed by atoms with Gasteiger partial charge in [-0.3, -0.25) is 9.59 Å². The molecule has 0 radical (unpaired) electrons. The van der Waals surface area contributed by atoms with Gasteiger partial charge in [0.15, 0.2) is 5.78 Å². The van der Waals surface area contributed by atoms with Crippen LogP contribution in [0.25, 0.3) is 0 Å². The van der Waals surface area contributed by atoms with Crippen molar-refractivity contribution in [3.05, 3.63) is 59.7 Å². The highest BCUT2D eigenvalue weighted by Gasteiger charge is 2.08. The van der Waals surface area contributed by atoms with E-state index in [1.54, 1.807) is 48.5 Å². The van der Waals surface area contributed by atoms with Gasteiger partial charge >= 0.3 is 0 Å². The van der Waals surface area contributed by atoms with Gasteiger partial charge in [0.2, 0.25) is 0 Å². The van der Waals surface area contributed by atoms with E-state index in [1.807, 2.05) is 0 Å². The van der Waals surface area contributed by atoms with Gasteiger partial charge in [-0.1, -0.05) is 26.0 Å². The summed E-state index contributed by atoms with van der Waals surface area (Å²) in [7, 11) is 0. The molecular formula is C19H21NO3. The Labute approximate surface area is 136 Å². The summed E-state index contributed by atoms with van der Waals surface area (Å²) in [5.74, 6) is 0.939. The number of carbonyl (C=O) groups excluding carboxylic acids is 2. The lowest BCUT2D eigenvalue weighted by atomic mass is 10.1. The van der Waals surface area contributed by atoms with Crippen LogP contribution < -0.4 is 10.1 Å². The molecule has 1 amide bonds. The number of rotatable bonds is 6. The number of hydrogen-bond donors (Lipinski definition) is 1. The van der Waals surface area contributed by atoms with Crippen molar-refractivity contribution in [3.63, 3.8) is 0 Å². The summed E-state index contributed by atoms with van der Waals surface area (Å²) in [6.07, 6.45) is 0. The zero-order chi connectivity index (χ0) is 16.8. The molecule has 0 bridgehead atoms. The van der Waals surface area contributed by atoms with Crippen LogP contribution in [0, 0.1) is 5.92 Å². The van der Waals surface area contributed by atoms with E-state index >= 15 is 0 Å². The van der Waals surface area contributed by atoms with Gasteiger partial charge in [-0.2, -0.15) is 0 Å². The van der Waals surface area contributed by atoms with Crippen molar-refractivity contribution >= 4 is 17.4 Å².